The highest BCUT2D eigenvalue weighted by atomic mass is 32.2. The van der Waals surface area contributed by atoms with Gasteiger partial charge >= 0.3 is 0 Å². The van der Waals surface area contributed by atoms with Gasteiger partial charge in [-0.25, -0.2) is 9.97 Å². The van der Waals surface area contributed by atoms with Crippen molar-refractivity contribution in [3.8, 4) is 0 Å². The number of rotatable bonds is 6. The number of thioether (sulfide) groups is 1. The normalized spacial score (nSPS) is 15.3. The summed E-state index contributed by atoms with van der Waals surface area (Å²) in [6, 6.07) is 5.89. The number of hydrogen-bond acceptors (Lipinski definition) is 7. The van der Waals surface area contributed by atoms with Gasteiger partial charge in [0.25, 0.3) is 0 Å². The van der Waals surface area contributed by atoms with Crippen molar-refractivity contribution in [3.05, 3.63) is 47.8 Å². The maximum Gasteiger partial charge on any atom is 0.228 e. The molecule has 0 saturated carbocycles. The summed E-state index contributed by atoms with van der Waals surface area (Å²) in [4.78, 5) is 14.7. The molecule has 1 saturated heterocycles. The summed E-state index contributed by atoms with van der Waals surface area (Å²) in [7, 11) is 0. The van der Waals surface area contributed by atoms with Crippen LogP contribution in [0.1, 0.15) is 36.9 Å². The molecule has 156 valence electrons. The molecule has 0 aromatic carbocycles. The summed E-state index contributed by atoms with van der Waals surface area (Å²) in [6.07, 6.45) is 5.86. The smallest absolute Gasteiger partial charge is 0.228 e. The van der Waals surface area contributed by atoms with E-state index in [1.165, 1.54) is 12.8 Å². The molecule has 4 aromatic heterocycles. The highest BCUT2D eigenvalue weighted by Crippen LogP contribution is 2.29. The molecule has 5 rings (SSSR count). The van der Waals surface area contributed by atoms with Crippen LogP contribution in [-0.4, -0.2) is 42.8 Å². The van der Waals surface area contributed by atoms with Gasteiger partial charge < -0.3 is 14.3 Å². The van der Waals surface area contributed by atoms with Gasteiger partial charge in [0.15, 0.2) is 10.8 Å². The lowest BCUT2D eigenvalue weighted by atomic mass is 10.00. The Morgan fingerprint density at radius 3 is 2.87 bits per heavy atom. The molecular formula is C21H25N7OS. The number of furan rings is 1. The molecule has 4 aromatic rings. The molecule has 1 aliphatic rings. The predicted octanol–water partition coefficient (Wildman–Crippen LogP) is 4.03. The van der Waals surface area contributed by atoms with Crippen molar-refractivity contribution < 1.29 is 4.42 Å². The Hall–Kier alpha value is -2.81. The molecule has 30 heavy (non-hydrogen) atoms. The summed E-state index contributed by atoms with van der Waals surface area (Å²) in [5.74, 6) is 4.14. The molecule has 9 heteroatoms. The lowest BCUT2D eigenvalue weighted by molar-refractivity contribution is 0.427. The third kappa shape index (κ3) is 3.81. The summed E-state index contributed by atoms with van der Waals surface area (Å²) in [5, 5.41) is 9.93. The molecule has 0 atom stereocenters. The first-order valence-corrected chi connectivity index (χ1v) is 11.3. The van der Waals surface area contributed by atoms with E-state index in [1.807, 2.05) is 18.2 Å². The minimum Gasteiger partial charge on any atom is -0.467 e. The Balaban J connectivity index is 1.39. The fraction of sp³-hybridized carbons (Fsp3) is 0.429. The van der Waals surface area contributed by atoms with Crippen LogP contribution in [0.3, 0.4) is 0 Å². The zero-order valence-corrected chi connectivity index (χ0v) is 18.0. The van der Waals surface area contributed by atoms with Crippen LogP contribution in [0.4, 0.5) is 5.95 Å². The van der Waals surface area contributed by atoms with Gasteiger partial charge in [0.2, 0.25) is 5.95 Å². The first kappa shape index (κ1) is 19.2. The molecule has 0 aliphatic carbocycles. The Morgan fingerprint density at radius 2 is 2.10 bits per heavy atom. The average Bonchev–Trinajstić information content (AvgIpc) is 3.48. The van der Waals surface area contributed by atoms with Crippen molar-refractivity contribution in [2.45, 2.75) is 44.1 Å². The number of piperidine rings is 1. The third-order valence-electron chi connectivity index (χ3n) is 5.65. The monoisotopic (exact) mass is 423 g/mol. The summed E-state index contributed by atoms with van der Waals surface area (Å²) < 4.78 is 7.76. The first-order chi connectivity index (χ1) is 14.7. The van der Waals surface area contributed by atoms with Crippen molar-refractivity contribution in [2.75, 3.05) is 18.0 Å². The number of aryl methyl sites for hydroxylation is 1. The zero-order chi connectivity index (χ0) is 20.5. The van der Waals surface area contributed by atoms with E-state index < -0.39 is 0 Å². The number of fused-ring (bicyclic) bond motifs is 1. The quantitative estimate of drug-likeness (QED) is 0.468. The van der Waals surface area contributed by atoms with Gasteiger partial charge in [-0.3, -0.25) is 4.57 Å². The molecular weight excluding hydrogens is 398 g/mol. The molecule has 1 fully saturated rings. The summed E-state index contributed by atoms with van der Waals surface area (Å²) >= 11 is 1.63. The molecule has 0 bridgehead atoms. The number of hydrogen-bond donors (Lipinski definition) is 1. The Bertz CT molecular complexity index is 1130. The number of pyridine rings is 1. The van der Waals surface area contributed by atoms with E-state index in [-0.39, 0.29) is 0 Å². The molecule has 0 radical (unpaired) electrons. The Labute approximate surface area is 179 Å². The van der Waals surface area contributed by atoms with Crippen LogP contribution in [0.2, 0.25) is 0 Å². The summed E-state index contributed by atoms with van der Waals surface area (Å²) in [6.45, 7) is 7.01. The van der Waals surface area contributed by atoms with E-state index in [0.717, 1.165) is 58.4 Å². The van der Waals surface area contributed by atoms with Crippen LogP contribution in [0.5, 0.6) is 0 Å². The maximum atomic E-state index is 5.61. The lowest BCUT2D eigenvalue weighted by Crippen LogP contribution is -2.35. The van der Waals surface area contributed by atoms with E-state index in [0.29, 0.717) is 12.3 Å². The largest absolute Gasteiger partial charge is 0.467 e. The molecule has 8 nitrogen and oxygen atoms in total. The first-order valence-electron chi connectivity index (χ1n) is 10.3. The molecule has 1 N–H and O–H groups in total. The minimum atomic E-state index is 0.616. The van der Waals surface area contributed by atoms with Crippen LogP contribution >= 0.6 is 11.8 Å². The number of anilines is 1. The number of aromatic nitrogens is 6. The molecule has 0 amide bonds. The Kier molecular flexibility index (Phi) is 5.20. The SMILES string of the molecule is Cc1ccnc2nc(CSc3nnc(N4CCC(C)CC4)n3Cc3ccco3)[nH]c12. The van der Waals surface area contributed by atoms with Crippen LogP contribution in [0, 0.1) is 12.8 Å². The van der Waals surface area contributed by atoms with Gasteiger partial charge in [0.1, 0.15) is 11.6 Å². The second-order valence-electron chi connectivity index (χ2n) is 7.92. The second-order valence-corrected chi connectivity index (χ2v) is 8.86. The average molecular weight is 424 g/mol. The Morgan fingerprint density at radius 1 is 1.23 bits per heavy atom. The minimum absolute atomic E-state index is 0.616. The fourth-order valence-electron chi connectivity index (χ4n) is 3.81. The lowest BCUT2D eigenvalue weighted by Gasteiger charge is -2.31. The number of nitrogens with one attached hydrogen (secondary N) is 1. The van der Waals surface area contributed by atoms with Crippen molar-refractivity contribution in [1.29, 1.82) is 0 Å². The number of nitrogens with zero attached hydrogens (tertiary/aromatic N) is 6. The molecule has 1 aliphatic heterocycles. The molecule has 0 unspecified atom stereocenters. The van der Waals surface area contributed by atoms with E-state index in [2.05, 4.69) is 48.5 Å². The fourth-order valence-corrected chi connectivity index (χ4v) is 4.61. The second kappa shape index (κ2) is 8.14. The number of imidazole rings is 1. The highest BCUT2D eigenvalue weighted by Gasteiger charge is 2.23. The third-order valence-corrected chi connectivity index (χ3v) is 6.62. The highest BCUT2D eigenvalue weighted by molar-refractivity contribution is 7.98. The standard InChI is InChI=1S/C21H25N7OS/c1-14-6-9-27(10-7-14)20-25-26-21(28(20)12-16-4-3-11-29-16)30-13-17-23-18-15(2)5-8-22-19(18)24-17/h3-5,8,11,14H,6-7,9-10,12-13H2,1-2H3,(H,22,23,24). The van der Waals surface area contributed by atoms with Crippen molar-refractivity contribution in [1.82, 2.24) is 29.7 Å². The number of aromatic amines is 1. The van der Waals surface area contributed by atoms with E-state index >= 15 is 0 Å². The van der Waals surface area contributed by atoms with Gasteiger partial charge in [0.05, 0.1) is 24.1 Å². The van der Waals surface area contributed by atoms with Crippen molar-refractivity contribution in [2.24, 2.45) is 5.92 Å². The molecule has 5 heterocycles. The van der Waals surface area contributed by atoms with Gasteiger partial charge in [-0.15, -0.1) is 10.2 Å². The topological polar surface area (TPSA) is 88.7 Å². The maximum absolute atomic E-state index is 5.61. The van der Waals surface area contributed by atoms with Gasteiger partial charge in [-0.2, -0.15) is 0 Å². The predicted molar refractivity (Wildman–Crippen MR) is 117 cm³/mol. The van der Waals surface area contributed by atoms with Crippen LogP contribution < -0.4 is 4.90 Å². The summed E-state index contributed by atoms with van der Waals surface area (Å²) in [5.41, 5.74) is 2.89. The van der Waals surface area contributed by atoms with Crippen molar-refractivity contribution in [3.63, 3.8) is 0 Å². The van der Waals surface area contributed by atoms with Crippen LogP contribution in [-0.2, 0) is 12.3 Å². The zero-order valence-electron chi connectivity index (χ0n) is 17.2. The van der Waals surface area contributed by atoms with Gasteiger partial charge in [-0.05, 0) is 49.4 Å². The van der Waals surface area contributed by atoms with Gasteiger partial charge in [0, 0.05) is 19.3 Å². The molecule has 0 spiro atoms. The van der Waals surface area contributed by atoms with Gasteiger partial charge in [-0.1, -0.05) is 18.7 Å². The van der Waals surface area contributed by atoms with E-state index in [4.69, 9.17) is 4.42 Å². The van der Waals surface area contributed by atoms with Crippen LogP contribution in [0.15, 0.2) is 40.2 Å². The van der Waals surface area contributed by atoms with Crippen molar-refractivity contribution >= 4 is 28.9 Å². The van der Waals surface area contributed by atoms with E-state index in [9.17, 15) is 0 Å². The van der Waals surface area contributed by atoms with E-state index in [1.54, 1.807) is 24.2 Å². The van der Waals surface area contributed by atoms with Crippen LogP contribution in [0.25, 0.3) is 11.2 Å². The number of H-pyrrole nitrogens is 1.